The summed E-state index contributed by atoms with van der Waals surface area (Å²) in [6, 6.07) is 2.90. The van der Waals surface area contributed by atoms with Crippen LogP contribution in [0.2, 0.25) is 5.02 Å². The van der Waals surface area contributed by atoms with E-state index in [4.69, 9.17) is 17.4 Å². The van der Waals surface area contributed by atoms with Crippen LogP contribution in [0.5, 0.6) is 0 Å². The number of hydrazine groups is 1. The first-order valence-corrected chi connectivity index (χ1v) is 5.48. The SMILES string of the molecule is NNC(Cc1ccc(Br)cc1Cl)C(F)(F)F. The van der Waals surface area contributed by atoms with E-state index in [9.17, 15) is 13.2 Å². The molecule has 16 heavy (non-hydrogen) atoms. The molecular formula is C9H9BrClF3N2. The molecule has 0 aromatic heterocycles. The standard InChI is InChI=1S/C9H9BrClF3N2/c10-6-2-1-5(7(11)4-6)3-8(16-15)9(12,13)14/h1-2,4,8,16H,3,15H2. The Hall–Kier alpha value is -0.300. The number of nitrogens with one attached hydrogen (secondary N) is 1. The summed E-state index contributed by atoms with van der Waals surface area (Å²) >= 11 is 8.99. The highest BCUT2D eigenvalue weighted by Crippen LogP contribution is 2.27. The number of alkyl halides is 3. The summed E-state index contributed by atoms with van der Waals surface area (Å²) in [6.07, 6.45) is -4.70. The van der Waals surface area contributed by atoms with Gasteiger partial charge in [0.2, 0.25) is 0 Å². The summed E-state index contributed by atoms with van der Waals surface area (Å²) in [6.45, 7) is 0. The first kappa shape index (κ1) is 13.8. The van der Waals surface area contributed by atoms with Gasteiger partial charge in [0.25, 0.3) is 0 Å². The van der Waals surface area contributed by atoms with Crippen LogP contribution in [0, 0.1) is 0 Å². The van der Waals surface area contributed by atoms with E-state index in [0.717, 1.165) is 0 Å². The third kappa shape index (κ3) is 3.62. The van der Waals surface area contributed by atoms with Crippen LogP contribution in [0.25, 0.3) is 0 Å². The van der Waals surface area contributed by atoms with Crippen LogP contribution in [0.3, 0.4) is 0 Å². The van der Waals surface area contributed by atoms with Gasteiger partial charge in [-0.2, -0.15) is 13.2 Å². The molecule has 90 valence electrons. The van der Waals surface area contributed by atoms with Crippen molar-refractivity contribution in [1.29, 1.82) is 0 Å². The molecule has 7 heteroatoms. The summed E-state index contributed by atoms with van der Waals surface area (Å²) in [7, 11) is 0. The van der Waals surface area contributed by atoms with Crippen molar-refractivity contribution in [3.63, 3.8) is 0 Å². The Labute approximate surface area is 104 Å². The third-order valence-electron chi connectivity index (χ3n) is 2.04. The molecule has 0 radical (unpaired) electrons. The normalized spacial score (nSPS) is 13.9. The molecule has 1 aromatic carbocycles. The van der Waals surface area contributed by atoms with E-state index >= 15 is 0 Å². The molecule has 2 nitrogen and oxygen atoms in total. The Balaban J connectivity index is 2.86. The summed E-state index contributed by atoms with van der Waals surface area (Å²) in [5.74, 6) is 4.86. The predicted molar refractivity (Wildman–Crippen MR) is 60.0 cm³/mol. The highest BCUT2D eigenvalue weighted by atomic mass is 79.9. The number of rotatable bonds is 3. The predicted octanol–water partition coefficient (Wildman–Crippen LogP) is 3.04. The van der Waals surface area contributed by atoms with Gasteiger partial charge in [-0.1, -0.05) is 33.6 Å². The van der Waals surface area contributed by atoms with Crippen LogP contribution in [-0.2, 0) is 6.42 Å². The Morgan fingerprint density at radius 1 is 1.44 bits per heavy atom. The van der Waals surface area contributed by atoms with Gasteiger partial charge in [-0.15, -0.1) is 0 Å². The van der Waals surface area contributed by atoms with Crippen molar-refractivity contribution < 1.29 is 13.2 Å². The van der Waals surface area contributed by atoms with E-state index < -0.39 is 12.2 Å². The molecule has 3 N–H and O–H groups in total. The lowest BCUT2D eigenvalue weighted by molar-refractivity contribution is -0.155. The monoisotopic (exact) mass is 316 g/mol. The van der Waals surface area contributed by atoms with E-state index in [1.165, 1.54) is 6.07 Å². The fourth-order valence-corrected chi connectivity index (χ4v) is 1.93. The molecular weight excluding hydrogens is 308 g/mol. The minimum atomic E-state index is -4.40. The molecule has 0 bridgehead atoms. The lowest BCUT2D eigenvalue weighted by Gasteiger charge is -2.19. The lowest BCUT2D eigenvalue weighted by Crippen LogP contribution is -2.47. The second-order valence-electron chi connectivity index (χ2n) is 3.20. The van der Waals surface area contributed by atoms with Crippen molar-refractivity contribution in [1.82, 2.24) is 5.43 Å². The Morgan fingerprint density at radius 3 is 2.50 bits per heavy atom. The minimum absolute atomic E-state index is 0.277. The van der Waals surface area contributed by atoms with Gasteiger partial charge >= 0.3 is 6.18 Å². The molecule has 1 unspecified atom stereocenters. The zero-order valence-corrected chi connectivity index (χ0v) is 10.3. The van der Waals surface area contributed by atoms with Crippen molar-refractivity contribution in [2.45, 2.75) is 18.6 Å². The molecule has 0 aliphatic heterocycles. The van der Waals surface area contributed by atoms with Crippen molar-refractivity contribution in [2.75, 3.05) is 0 Å². The fourth-order valence-electron chi connectivity index (χ4n) is 1.18. The van der Waals surface area contributed by atoms with E-state index in [1.54, 1.807) is 17.6 Å². The number of hydrogen-bond donors (Lipinski definition) is 2. The average Bonchev–Trinajstić information content (AvgIpc) is 2.14. The number of hydrogen-bond acceptors (Lipinski definition) is 2. The quantitative estimate of drug-likeness (QED) is 0.664. The molecule has 1 aromatic rings. The second-order valence-corrected chi connectivity index (χ2v) is 4.52. The van der Waals surface area contributed by atoms with Gasteiger partial charge in [0, 0.05) is 9.50 Å². The van der Waals surface area contributed by atoms with Crippen LogP contribution in [0.1, 0.15) is 5.56 Å². The largest absolute Gasteiger partial charge is 0.405 e. The third-order valence-corrected chi connectivity index (χ3v) is 2.88. The molecule has 1 rings (SSSR count). The zero-order chi connectivity index (χ0) is 12.3. The molecule has 0 spiro atoms. The topological polar surface area (TPSA) is 38.0 Å². The average molecular weight is 318 g/mol. The van der Waals surface area contributed by atoms with E-state index in [-0.39, 0.29) is 11.4 Å². The first-order valence-electron chi connectivity index (χ1n) is 4.31. The van der Waals surface area contributed by atoms with E-state index in [2.05, 4.69) is 15.9 Å². The smallest absolute Gasteiger partial charge is 0.271 e. The van der Waals surface area contributed by atoms with Gasteiger partial charge in [0.15, 0.2) is 0 Å². The maximum Gasteiger partial charge on any atom is 0.405 e. The Bertz CT molecular complexity index is 370. The van der Waals surface area contributed by atoms with Gasteiger partial charge in [-0.3, -0.25) is 5.84 Å². The zero-order valence-electron chi connectivity index (χ0n) is 7.98. The fraction of sp³-hybridized carbons (Fsp3) is 0.333. The van der Waals surface area contributed by atoms with Crippen LogP contribution in [0.15, 0.2) is 22.7 Å². The van der Waals surface area contributed by atoms with Gasteiger partial charge in [-0.05, 0) is 24.1 Å². The summed E-state index contributed by atoms with van der Waals surface area (Å²) in [5, 5.41) is 0.277. The molecule has 0 amide bonds. The number of nitrogens with two attached hydrogens (primary N) is 1. The minimum Gasteiger partial charge on any atom is -0.271 e. The van der Waals surface area contributed by atoms with Crippen molar-refractivity contribution in [3.8, 4) is 0 Å². The van der Waals surface area contributed by atoms with Crippen LogP contribution < -0.4 is 11.3 Å². The van der Waals surface area contributed by atoms with Crippen LogP contribution in [-0.4, -0.2) is 12.2 Å². The molecule has 0 heterocycles. The number of benzene rings is 1. The Kier molecular flexibility index (Phi) is 4.61. The highest BCUT2D eigenvalue weighted by Gasteiger charge is 2.39. The van der Waals surface area contributed by atoms with Crippen molar-refractivity contribution in [2.24, 2.45) is 5.84 Å². The molecule has 0 aliphatic rings. The van der Waals surface area contributed by atoms with Crippen molar-refractivity contribution >= 4 is 27.5 Å². The second kappa shape index (κ2) is 5.35. The van der Waals surface area contributed by atoms with Crippen LogP contribution >= 0.6 is 27.5 Å². The van der Waals surface area contributed by atoms with Crippen molar-refractivity contribution in [3.05, 3.63) is 33.3 Å². The Morgan fingerprint density at radius 2 is 2.06 bits per heavy atom. The van der Waals surface area contributed by atoms with Gasteiger partial charge in [0.1, 0.15) is 6.04 Å². The summed E-state index contributed by atoms with van der Waals surface area (Å²) < 4.78 is 38.0. The molecule has 0 aliphatic carbocycles. The van der Waals surface area contributed by atoms with E-state index in [1.807, 2.05) is 0 Å². The van der Waals surface area contributed by atoms with Gasteiger partial charge in [-0.25, -0.2) is 5.43 Å². The van der Waals surface area contributed by atoms with Gasteiger partial charge < -0.3 is 0 Å². The molecule has 0 saturated heterocycles. The maximum absolute atomic E-state index is 12.4. The molecule has 0 fully saturated rings. The first-order chi connectivity index (χ1) is 7.34. The number of halogens is 5. The highest BCUT2D eigenvalue weighted by molar-refractivity contribution is 9.10. The molecule has 1 atom stereocenters. The lowest BCUT2D eigenvalue weighted by atomic mass is 10.1. The van der Waals surface area contributed by atoms with Gasteiger partial charge in [0.05, 0.1) is 0 Å². The maximum atomic E-state index is 12.4. The molecule has 0 saturated carbocycles. The van der Waals surface area contributed by atoms with Crippen LogP contribution in [0.4, 0.5) is 13.2 Å². The summed E-state index contributed by atoms with van der Waals surface area (Å²) in [4.78, 5) is 0. The van der Waals surface area contributed by atoms with E-state index in [0.29, 0.717) is 10.0 Å². The summed E-state index contributed by atoms with van der Waals surface area (Å²) in [5.41, 5.74) is 2.13.